The van der Waals surface area contributed by atoms with Crippen molar-refractivity contribution in [2.24, 2.45) is 0 Å². The fourth-order valence-corrected chi connectivity index (χ4v) is 4.35. The van der Waals surface area contributed by atoms with Crippen LogP contribution in [0, 0.1) is 13.8 Å². The van der Waals surface area contributed by atoms with Crippen LogP contribution in [-0.4, -0.2) is 37.5 Å². The van der Waals surface area contributed by atoms with Crippen molar-refractivity contribution in [3.63, 3.8) is 0 Å². The first-order valence-electron chi connectivity index (χ1n) is 6.84. The molecule has 21 heavy (non-hydrogen) atoms. The number of carbonyl (C=O) groups is 1. The summed E-state index contributed by atoms with van der Waals surface area (Å²) in [6.45, 7) is 4.01. The monoisotopic (exact) mass is 330 g/mol. The number of halogens is 1. The van der Waals surface area contributed by atoms with E-state index in [1.54, 1.807) is 6.07 Å². The van der Waals surface area contributed by atoms with Gasteiger partial charge in [-0.05, 0) is 43.9 Å². The molecule has 5 nitrogen and oxygen atoms in total. The van der Waals surface area contributed by atoms with Gasteiger partial charge in [0.1, 0.15) is 0 Å². The Kier molecular flexibility index (Phi) is 4.91. The molecule has 7 heteroatoms. The molecule has 0 atom stereocenters. The van der Waals surface area contributed by atoms with E-state index in [0.29, 0.717) is 23.7 Å². The zero-order chi connectivity index (χ0) is 15.6. The molecule has 1 aliphatic heterocycles. The van der Waals surface area contributed by atoms with Gasteiger partial charge in [0.05, 0.1) is 23.0 Å². The van der Waals surface area contributed by atoms with E-state index < -0.39 is 10.0 Å². The third kappa shape index (κ3) is 3.96. The topological polar surface area (TPSA) is 66.5 Å². The summed E-state index contributed by atoms with van der Waals surface area (Å²) in [5.41, 5.74) is 2.41. The Labute approximate surface area is 130 Å². The fourth-order valence-electron chi connectivity index (χ4n) is 2.43. The molecule has 116 valence electrons. The molecule has 0 spiro atoms. The lowest BCUT2D eigenvalue weighted by atomic mass is 10.1. The van der Waals surface area contributed by atoms with Crippen LogP contribution in [0.3, 0.4) is 0 Å². The van der Waals surface area contributed by atoms with Crippen molar-refractivity contribution in [2.75, 3.05) is 24.2 Å². The molecule has 0 radical (unpaired) electrons. The summed E-state index contributed by atoms with van der Waals surface area (Å²) in [6.07, 6.45) is 1.44. The van der Waals surface area contributed by atoms with Gasteiger partial charge in [-0.2, -0.15) is 4.31 Å². The summed E-state index contributed by atoms with van der Waals surface area (Å²) in [6, 6.07) is 3.68. The summed E-state index contributed by atoms with van der Waals surface area (Å²) < 4.78 is 25.0. The molecule has 2 rings (SSSR count). The van der Waals surface area contributed by atoms with Crippen LogP contribution in [0.4, 0.5) is 5.69 Å². The predicted molar refractivity (Wildman–Crippen MR) is 84.1 cm³/mol. The molecule has 1 amide bonds. The highest BCUT2D eigenvalue weighted by atomic mass is 35.5. The normalized spacial score (nSPS) is 18.4. The molecule has 0 bridgehead atoms. The highest BCUT2D eigenvalue weighted by molar-refractivity contribution is 7.89. The highest BCUT2D eigenvalue weighted by Gasteiger charge is 2.27. The van der Waals surface area contributed by atoms with E-state index in [1.807, 2.05) is 19.9 Å². The van der Waals surface area contributed by atoms with E-state index in [2.05, 4.69) is 5.32 Å². The van der Waals surface area contributed by atoms with Gasteiger partial charge in [0, 0.05) is 6.54 Å². The zero-order valence-electron chi connectivity index (χ0n) is 12.1. The second kappa shape index (κ2) is 6.34. The number of amides is 1. The Balaban J connectivity index is 2.09. The van der Waals surface area contributed by atoms with Crippen molar-refractivity contribution in [3.05, 3.63) is 28.3 Å². The maximum Gasteiger partial charge on any atom is 0.239 e. The first-order valence-corrected chi connectivity index (χ1v) is 8.83. The number of rotatable bonds is 3. The SMILES string of the molecule is Cc1cc(C)c(NC(=O)CN2CCCCS2(=O)=O)c(Cl)c1. The minimum absolute atomic E-state index is 0.116. The number of nitrogens with zero attached hydrogens (tertiary/aromatic N) is 1. The molecule has 1 N–H and O–H groups in total. The van der Waals surface area contributed by atoms with Gasteiger partial charge in [-0.15, -0.1) is 0 Å². The lowest BCUT2D eigenvalue weighted by molar-refractivity contribution is -0.116. The molecule has 0 aromatic heterocycles. The highest BCUT2D eigenvalue weighted by Crippen LogP contribution is 2.27. The standard InChI is InChI=1S/C14H19ClN2O3S/c1-10-7-11(2)14(12(15)8-10)16-13(18)9-17-5-3-4-6-21(17,19)20/h7-8H,3-6,9H2,1-2H3,(H,16,18). The molecule has 1 aliphatic rings. The van der Waals surface area contributed by atoms with Gasteiger partial charge in [0.2, 0.25) is 15.9 Å². The second-order valence-corrected chi connectivity index (χ2v) is 7.84. The Morgan fingerprint density at radius 1 is 1.33 bits per heavy atom. The molecule has 1 fully saturated rings. The largest absolute Gasteiger partial charge is 0.323 e. The van der Waals surface area contributed by atoms with Crippen molar-refractivity contribution in [1.82, 2.24) is 4.31 Å². The average molecular weight is 331 g/mol. The second-order valence-electron chi connectivity index (χ2n) is 5.34. The number of aryl methyl sites for hydroxylation is 2. The van der Waals surface area contributed by atoms with Crippen molar-refractivity contribution in [1.29, 1.82) is 0 Å². The van der Waals surface area contributed by atoms with E-state index >= 15 is 0 Å². The summed E-state index contributed by atoms with van der Waals surface area (Å²) in [4.78, 5) is 12.1. The average Bonchev–Trinajstić information content (AvgIpc) is 2.36. The fraction of sp³-hybridized carbons (Fsp3) is 0.500. The number of sulfonamides is 1. The van der Waals surface area contributed by atoms with E-state index in [4.69, 9.17) is 11.6 Å². The summed E-state index contributed by atoms with van der Waals surface area (Å²) in [5, 5.41) is 3.17. The van der Waals surface area contributed by atoms with Crippen LogP contribution >= 0.6 is 11.6 Å². The Morgan fingerprint density at radius 2 is 2.05 bits per heavy atom. The lowest BCUT2D eigenvalue weighted by Gasteiger charge is -2.25. The van der Waals surface area contributed by atoms with Gasteiger partial charge in [-0.25, -0.2) is 8.42 Å². The van der Waals surface area contributed by atoms with Crippen LogP contribution in [0.2, 0.25) is 5.02 Å². The number of hydrogen-bond donors (Lipinski definition) is 1. The van der Waals surface area contributed by atoms with Crippen LogP contribution in [0.15, 0.2) is 12.1 Å². The number of nitrogens with one attached hydrogen (secondary N) is 1. The van der Waals surface area contributed by atoms with Crippen molar-refractivity contribution >= 4 is 33.2 Å². The van der Waals surface area contributed by atoms with E-state index in [1.165, 1.54) is 4.31 Å². The first kappa shape index (κ1) is 16.3. The van der Waals surface area contributed by atoms with Crippen molar-refractivity contribution in [3.8, 4) is 0 Å². The minimum atomic E-state index is -3.30. The predicted octanol–water partition coefficient (Wildman–Crippen LogP) is 2.32. The van der Waals surface area contributed by atoms with Crippen LogP contribution < -0.4 is 5.32 Å². The number of anilines is 1. The molecule has 1 heterocycles. The molecular weight excluding hydrogens is 312 g/mol. The van der Waals surface area contributed by atoms with E-state index in [0.717, 1.165) is 17.5 Å². The molecule has 1 saturated heterocycles. The summed E-state index contributed by atoms with van der Waals surface area (Å²) in [7, 11) is -3.30. The van der Waals surface area contributed by atoms with Crippen molar-refractivity contribution in [2.45, 2.75) is 26.7 Å². The molecule has 0 unspecified atom stereocenters. The number of hydrogen-bond acceptors (Lipinski definition) is 3. The maximum atomic E-state index is 12.1. The van der Waals surface area contributed by atoms with Gasteiger partial charge in [-0.3, -0.25) is 4.79 Å². The smallest absolute Gasteiger partial charge is 0.239 e. The van der Waals surface area contributed by atoms with Gasteiger partial charge in [-0.1, -0.05) is 17.7 Å². The van der Waals surface area contributed by atoms with Crippen molar-refractivity contribution < 1.29 is 13.2 Å². The number of benzene rings is 1. The molecule has 1 aromatic carbocycles. The van der Waals surface area contributed by atoms with Crippen LogP contribution in [0.5, 0.6) is 0 Å². The zero-order valence-corrected chi connectivity index (χ0v) is 13.7. The quantitative estimate of drug-likeness (QED) is 0.925. The minimum Gasteiger partial charge on any atom is -0.323 e. The Morgan fingerprint density at radius 3 is 2.67 bits per heavy atom. The first-order chi connectivity index (χ1) is 9.79. The van der Waals surface area contributed by atoms with Gasteiger partial charge in [0.15, 0.2) is 0 Å². The van der Waals surface area contributed by atoms with Crippen LogP contribution in [0.1, 0.15) is 24.0 Å². The summed E-state index contributed by atoms with van der Waals surface area (Å²) >= 11 is 6.13. The maximum absolute atomic E-state index is 12.1. The molecule has 0 aliphatic carbocycles. The van der Waals surface area contributed by atoms with Gasteiger partial charge < -0.3 is 5.32 Å². The lowest BCUT2D eigenvalue weighted by Crippen LogP contribution is -2.42. The van der Waals surface area contributed by atoms with Gasteiger partial charge in [0.25, 0.3) is 0 Å². The third-order valence-corrected chi connectivity index (χ3v) is 5.67. The Bertz CT molecular complexity index is 635. The molecule has 0 saturated carbocycles. The van der Waals surface area contributed by atoms with Crippen LogP contribution in [0.25, 0.3) is 0 Å². The van der Waals surface area contributed by atoms with E-state index in [-0.39, 0.29) is 18.2 Å². The molecular formula is C14H19ClN2O3S. The van der Waals surface area contributed by atoms with E-state index in [9.17, 15) is 13.2 Å². The molecule has 1 aromatic rings. The summed E-state index contributed by atoms with van der Waals surface area (Å²) in [5.74, 6) is -0.251. The number of carbonyl (C=O) groups excluding carboxylic acids is 1. The Hall–Kier alpha value is -1.11. The third-order valence-electron chi connectivity index (χ3n) is 3.47. The van der Waals surface area contributed by atoms with Gasteiger partial charge >= 0.3 is 0 Å². The van der Waals surface area contributed by atoms with Crippen LogP contribution in [-0.2, 0) is 14.8 Å².